The number of amidine groups is 1. The number of nitrogens with two attached hydrogens (primary N) is 1. The van der Waals surface area contributed by atoms with Crippen LogP contribution in [0.3, 0.4) is 0 Å². The molecule has 0 spiro atoms. The fourth-order valence-corrected chi connectivity index (χ4v) is 3.63. The van der Waals surface area contributed by atoms with Crippen LogP contribution in [0.4, 0.5) is 0 Å². The first-order chi connectivity index (χ1) is 6.94. The summed E-state index contributed by atoms with van der Waals surface area (Å²) >= 11 is 0. The monoisotopic (exact) mass is 233 g/mol. The van der Waals surface area contributed by atoms with Crippen LogP contribution in [0.2, 0.25) is 0 Å². The van der Waals surface area contributed by atoms with E-state index in [0.717, 1.165) is 25.7 Å². The van der Waals surface area contributed by atoms with E-state index in [0.29, 0.717) is 13.0 Å². The second-order valence-corrected chi connectivity index (χ2v) is 6.37. The van der Waals surface area contributed by atoms with E-state index in [1.807, 2.05) is 0 Å². The van der Waals surface area contributed by atoms with Crippen molar-refractivity contribution in [3.63, 3.8) is 0 Å². The average Bonchev–Trinajstić information content (AvgIpc) is 2.66. The first-order valence-corrected chi connectivity index (χ1v) is 6.73. The Kier molecular flexibility index (Phi) is 4.10. The van der Waals surface area contributed by atoms with Crippen molar-refractivity contribution < 1.29 is 8.42 Å². The van der Waals surface area contributed by atoms with Crippen molar-refractivity contribution >= 4 is 15.9 Å². The predicted octanol–water partition coefficient (Wildman–Crippen LogP) is 0.517. The molecule has 1 rings (SSSR count). The number of nitrogens with one attached hydrogen (secondary N) is 1. The Morgan fingerprint density at radius 1 is 1.47 bits per heavy atom. The van der Waals surface area contributed by atoms with Gasteiger partial charge in [0, 0.05) is 20.0 Å². The highest BCUT2D eigenvalue weighted by Gasteiger charge is 2.31. The van der Waals surface area contributed by atoms with Crippen LogP contribution < -0.4 is 5.73 Å². The molecule has 0 aliphatic heterocycles. The van der Waals surface area contributed by atoms with Crippen LogP contribution in [-0.4, -0.2) is 37.4 Å². The summed E-state index contributed by atoms with van der Waals surface area (Å²) in [5.74, 6) is 0.0310. The third kappa shape index (κ3) is 3.17. The summed E-state index contributed by atoms with van der Waals surface area (Å²) in [7, 11) is -1.59. The lowest BCUT2D eigenvalue weighted by Gasteiger charge is -2.21. The fourth-order valence-electron chi connectivity index (χ4n) is 1.85. The summed E-state index contributed by atoms with van der Waals surface area (Å²) in [5.41, 5.74) is 5.20. The Hall–Kier alpha value is -0.620. The Morgan fingerprint density at radius 2 is 2.00 bits per heavy atom. The van der Waals surface area contributed by atoms with Gasteiger partial charge in [-0.25, -0.2) is 12.7 Å². The summed E-state index contributed by atoms with van der Waals surface area (Å²) < 4.78 is 25.3. The molecular formula is C9H19N3O2S. The van der Waals surface area contributed by atoms with Crippen molar-refractivity contribution in [3.05, 3.63) is 0 Å². The maximum Gasteiger partial charge on any atom is 0.216 e. The van der Waals surface area contributed by atoms with Crippen LogP contribution in [0.25, 0.3) is 0 Å². The van der Waals surface area contributed by atoms with Crippen molar-refractivity contribution in [2.75, 3.05) is 13.6 Å². The lowest BCUT2D eigenvalue weighted by molar-refractivity contribution is 0.465. The SMILES string of the molecule is CN(CCC(=N)N)S(=O)(=O)C1CCCC1. The Labute approximate surface area is 91.2 Å². The molecule has 0 bridgehead atoms. The molecule has 5 nitrogen and oxygen atoms in total. The van der Waals surface area contributed by atoms with E-state index in [-0.39, 0.29) is 11.1 Å². The average molecular weight is 233 g/mol. The van der Waals surface area contributed by atoms with Gasteiger partial charge in [-0.2, -0.15) is 0 Å². The standard InChI is InChI=1S/C9H19N3O2S/c1-12(7-6-9(10)11)15(13,14)8-4-2-3-5-8/h8H,2-7H2,1H3,(H3,10,11). The molecule has 6 heteroatoms. The number of sulfonamides is 1. The van der Waals surface area contributed by atoms with E-state index in [4.69, 9.17) is 11.1 Å². The van der Waals surface area contributed by atoms with Crippen molar-refractivity contribution in [1.29, 1.82) is 5.41 Å². The lowest BCUT2D eigenvalue weighted by atomic mass is 10.4. The van der Waals surface area contributed by atoms with Crippen molar-refractivity contribution in [3.8, 4) is 0 Å². The summed E-state index contributed by atoms with van der Waals surface area (Å²) in [6, 6.07) is 0. The quantitative estimate of drug-likeness (QED) is 0.536. The van der Waals surface area contributed by atoms with Gasteiger partial charge >= 0.3 is 0 Å². The Morgan fingerprint density at radius 3 is 2.47 bits per heavy atom. The molecule has 0 aromatic rings. The second-order valence-electron chi connectivity index (χ2n) is 4.05. The minimum atomic E-state index is -3.15. The van der Waals surface area contributed by atoms with Crippen LogP contribution in [-0.2, 0) is 10.0 Å². The van der Waals surface area contributed by atoms with E-state index in [1.54, 1.807) is 7.05 Å². The summed E-state index contributed by atoms with van der Waals surface area (Å²) in [6.45, 7) is 0.314. The highest BCUT2D eigenvalue weighted by atomic mass is 32.2. The van der Waals surface area contributed by atoms with Crippen molar-refractivity contribution in [1.82, 2.24) is 4.31 Å². The minimum absolute atomic E-state index is 0.0310. The van der Waals surface area contributed by atoms with Gasteiger partial charge in [-0.1, -0.05) is 12.8 Å². The zero-order chi connectivity index (χ0) is 11.5. The molecule has 0 saturated heterocycles. The summed E-state index contributed by atoms with van der Waals surface area (Å²) in [4.78, 5) is 0. The van der Waals surface area contributed by atoms with E-state index >= 15 is 0 Å². The Bertz CT molecular complexity index is 320. The minimum Gasteiger partial charge on any atom is -0.388 e. The molecule has 0 atom stereocenters. The molecule has 0 radical (unpaired) electrons. The van der Waals surface area contributed by atoms with Gasteiger partial charge in [-0.15, -0.1) is 0 Å². The zero-order valence-corrected chi connectivity index (χ0v) is 9.89. The van der Waals surface area contributed by atoms with Crippen molar-refractivity contribution in [2.24, 2.45) is 5.73 Å². The highest BCUT2D eigenvalue weighted by molar-refractivity contribution is 7.89. The molecule has 0 aromatic carbocycles. The van der Waals surface area contributed by atoms with Gasteiger partial charge in [0.15, 0.2) is 0 Å². The largest absolute Gasteiger partial charge is 0.388 e. The van der Waals surface area contributed by atoms with E-state index in [1.165, 1.54) is 4.31 Å². The normalized spacial score (nSPS) is 18.5. The second kappa shape index (κ2) is 4.94. The van der Waals surface area contributed by atoms with Crippen molar-refractivity contribution in [2.45, 2.75) is 37.4 Å². The highest BCUT2D eigenvalue weighted by Crippen LogP contribution is 2.26. The molecule has 0 amide bonds. The van der Waals surface area contributed by atoms with Gasteiger partial charge in [-0.3, -0.25) is 5.41 Å². The molecule has 0 unspecified atom stereocenters. The van der Waals surface area contributed by atoms with Gasteiger partial charge in [0.1, 0.15) is 0 Å². The number of hydrogen-bond donors (Lipinski definition) is 2. The van der Waals surface area contributed by atoms with Gasteiger partial charge in [0.2, 0.25) is 10.0 Å². The molecular weight excluding hydrogens is 214 g/mol. The van der Waals surface area contributed by atoms with E-state index in [9.17, 15) is 8.42 Å². The van der Waals surface area contributed by atoms with Gasteiger partial charge < -0.3 is 5.73 Å². The topological polar surface area (TPSA) is 87.2 Å². The number of hydrogen-bond acceptors (Lipinski definition) is 3. The smallest absolute Gasteiger partial charge is 0.216 e. The third-order valence-electron chi connectivity index (χ3n) is 2.85. The molecule has 3 N–H and O–H groups in total. The number of nitrogens with zero attached hydrogens (tertiary/aromatic N) is 1. The third-order valence-corrected chi connectivity index (χ3v) is 5.22. The lowest BCUT2D eigenvalue weighted by Crippen LogP contribution is -2.36. The number of rotatable bonds is 5. The van der Waals surface area contributed by atoms with Gasteiger partial charge in [0.05, 0.1) is 11.1 Å². The molecule has 88 valence electrons. The first kappa shape index (κ1) is 12.4. The molecule has 15 heavy (non-hydrogen) atoms. The first-order valence-electron chi connectivity index (χ1n) is 5.22. The van der Waals surface area contributed by atoms with Crippen LogP contribution in [0.5, 0.6) is 0 Å². The maximum atomic E-state index is 12.0. The molecule has 1 aliphatic carbocycles. The van der Waals surface area contributed by atoms with E-state index in [2.05, 4.69) is 0 Å². The van der Waals surface area contributed by atoms with Gasteiger partial charge in [0.25, 0.3) is 0 Å². The van der Waals surface area contributed by atoms with Crippen LogP contribution in [0, 0.1) is 5.41 Å². The zero-order valence-electron chi connectivity index (χ0n) is 9.07. The van der Waals surface area contributed by atoms with E-state index < -0.39 is 10.0 Å². The van der Waals surface area contributed by atoms with Crippen LogP contribution in [0.1, 0.15) is 32.1 Å². The molecule has 1 saturated carbocycles. The predicted molar refractivity (Wildman–Crippen MR) is 60.3 cm³/mol. The maximum absolute atomic E-state index is 12.0. The summed E-state index contributed by atoms with van der Waals surface area (Å²) in [6.07, 6.45) is 3.86. The summed E-state index contributed by atoms with van der Waals surface area (Å²) in [5, 5.41) is 6.84. The van der Waals surface area contributed by atoms with Crippen LogP contribution >= 0.6 is 0 Å². The van der Waals surface area contributed by atoms with Crippen LogP contribution in [0.15, 0.2) is 0 Å². The Balaban J connectivity index is 2.56. The van der Waals surface area contributed by atoms with Gasteiger partial charge in [-0.05, 0) is 12.8 Å². The molecule has 0 aromatic heterocycles. The molecule has 1 fully saturated rings. The molecule has 1 aliphatic rings. The fraction of sp³-hybridized carbons (Fsp3) is 0.889. The molecule has 0 heterocycles.